The Kier molecular flexibility index (Phi) is 10.7. The minimum Gasteiger partial charge on any atom is -0.377 e. The van der Waals surface area contributed by atoms with Gasteiger partial charge in [0, 0.05) is 19.1 Å². The molecule has 0 aliphatic heterocycles. The van der Waals surface area contributed by atoms with Crippen LogP contribution in [0.5, 0.6) is 0 Å². The zero-order valence-corrected chi connectivity index (χ0v) is 13.3. The maximum absolute atomic E-state index is 5.62. The smallest absolute Gasteiger partial charge is 0.0596 e. The van der Waals surface area contributed by atoms with Crippen LogP contribution in [0, 0.1) is 5.92 Å². The fourth-order valence-electron chi connectivity index (χ4n) is 1.97. The number of ether oxygens (including phenoxy) is 1. The van der Waals surface area contributed by atoms with Crippen LogP contribution in [-0.4, -0.2) is 50.3 Å². The zero-order chi connectivity index (χ0) is 14.0. The van der Waals surface area contributed by atoms with Crippen molar-refractivity contribution in [2.24, 2.45) is 5.92 Å². The van der Waals surface area contributed by atoms with E-state index in [0.29, 0.717) is 12.1 Å². The molecule has 18 heavy (non-hydrogen) atoms. The largest absolute Gasteiger partial charge is 0.377 e. The van der Waals surface area contributed by atoms with E-state index in [2.05, 4.69) is 51.9 Å². The Morgan fingerprint density at radius 2 is 1.78 bits per heavy atom. The van der Waals surface area contributed by atoms with Crippen molar-refractivity contribution in [2.75, 3.05) is 33.3 Å². The van der Waals surface area contributed by atoms with E-state index in [1.165, 1.54) is 12.8 Å². The molecule has 1 unspecified atom stereocenters. The number of likely N-dealkylation sites (N-methyl/N-ethyl adjacent to an activating group) is 1. The van der Waals surface area contributed by atoms with Gasteiger partial charge >= 0.3 is 0 Å². The zero-order valence-electron chi connectivity index (χ0n) is 13.3. The Hall–Kier alpha value is -0.120. The van der Waals surface area contributed by atoms with Gasteiger partial charge in [0.2, 0.25) is 0 Å². The molecule has 0 rings (SSSR count). The number of nitrogens with zero attached hydrogens (tertiary/aromatic N) is 1. The molecule has 1 atom stereocenters. The Bertz CT molecular complexity index is 183. The molecule has 3 nitrogen and oxygen atoms in total. The number of hydrogen-bond acceptors (Lipinski definition) is 3. The fraction of sp³-hybridized carbons (Fsp3) is 1.00. The lowest BCUT2D eigenvalue weighted by molar-refractivity contribution is 0.0547. The molecule has 0 aliphatic rings. The van der Waals surface area contributed by atoms with E-state index in [0.717, 1.165) is 32.2 Å². The molecule has 0 radical (unpaired) electrons. The summed E-state index contributed by atoms with van der Waals surface area (Å²) in [4.78, 5) is 2.43. The highest BCUT2D eigenvalue weighted by molar-refractivity contribution is 4.71. The molecule has 0 saturated carbocycles. The van der Waals surface area contributed by atoms with Crippen LogP contribution in [0.25, 0.3) is 0 Å². The lowest BCUT2D eigenvalue weighted by Crippen LogP contribution is -2.42. The molecule has 0 bridgehead atoms. The molecule has 0 aromatic heterocycles. The first-order valence-corrected chi connectivity index (χ1v) is 7.49. The van der Waals surface area contributed by atoms with Gasteiger partial charge in [-0.3, -0.25) is 4.90 Å². The Morgan fingerprint density at radius 3 is 2.28 bits per heavy atom. The molecule has 0 spiro atoms. The summed E-state index contributed by atoms with van der Waals surface area (Å²) in [6.07, 6.45) is 2.83. The Balaban J connectivity index is 3.90. The SMILES string of the molecule is CCCC(CNCC(C)C)N(C)CCOC(C)C. The van der Waals surface area contributed by atoms with Crippen LogP contribution in [0.2, 0.25) is 0 Å². The summed E-state index contributed by atoms with van der Waals surface area (Å²) in [5, 5.41) is 3.57. The van der Waals surface area contributed by atoms with Gasteiger partial charge in [-0.15, -0.1) is 0 Å². The van der Waals surface area contributed by atoms with Gasteiger partial charge in [-0.1, -0.05) is 27.2 Å². The van der Waals surface area contributed by atoms with E-state index in [1.54, 1.807) is 0 Å². The number of rotatable bonds is 11. The third kappa shape index (κ3) is 9.86. The van der Waals surface area contributed by atoms with E-state index in [9.17, 15) is 0 Å². The summed E-state index contributed by atoms with van der Waals surface area (Å²) in [5.74, 6) is 0.724. The molecule has 3 heteroatoms. The second kappa shape index (κ2) is 10.8. The van der Waals surface area contributed by atoms with Crippen molar-refractivity contribution in [2.45, 2.75) is 59.6 Å². The van der Waals surface area contributed by atoms with E-state index in [4.69, 9.17) is 4.74 Å². The average molecular weight is 258 g/mol. The monoisotopic (exact) mass is 258 g/mol. The molecule has 0 fully saturated rings. The molecule has 0 saturated heterocycles. The minimum atomic E-state index is 0.335. The molecule has 0 aromatic carbocycles. The van der Waals surface area contributed by atoms with Crippen LogP contribution in [0.15, 0.2) is 0 Å². The van der Waals surface area contributed by atoms with Crippen molar-refractivity contribution in [1.29, 1.82) is 0 Å². The summed E-state index contributed by atoms with van der Waals surface area (Å²) in [7, 11) is 2.21. The first-order valence-electron chi connectivity index (χ1n) is 7.49. The third-order valence-electron chi connectivity index (χ3n) is 3.07. The standard InChI is InChI=1S/C15H34N2O/c1-7-8-15(12-16-11-13(2)3)17(6)9-10-18-14(4)5/h13-16H,7-12H2,1-6H3. The summed E-state index contributed by atoms with van der Waals surface area (Å²) in [5.41, 5.74) is 0. The van der Waals surface area contributed by atoms with Crippen LogP contribution in [0.1, 0.15) is 47.5 Å². The summed E-state index contributed by atoms with van der Waals surface area (Å²) >= 11 is 0. The summed E-state index contributed by atoms with van der Waals surface area (Å²) in [6, 6.07) is 0.629. The number of hydrogen-bond donors (Lipinski definition) is 1. The van der Waals surface area contributed by atoms with Crippen LogP contribution in [-0.2, 0) is 4.74 Å². The van der Waals surface area contributed by atoms with Crippen LogP contribution < -0.4 is 5.32 Å². The van der Waals surface area contributed by atoms with Crippen molar-refractivity contribution in [3.63, 3.8) is 0 Å². The second-order valence-electron chi connectivity index (χ2n) is 5.89. The first-order chi connectivity index (χ1) is 8.47. The topological polar surface area (TPSA) is 24.5 Å². The minimum absolute atomic E-state index is 0.335. The molecule has 0 heterocycles. The molecular weight excluding hydrogens is 224 g/mol. The van der Waals surface area contributed by atoms with Crippen molar-refractivity contribution in [1.82, 2.24) is 10.2 Å². The van der Waals surface area contributed by atoms with Gasteiger partial charge in [-0.05, 0) is 39.8 Å². The summed E-state index contributed by atoms with van der Waals surface area (Å²) < 4.78 is 5.62. The van der Waals surface area contributed by atoms with Crippen LogP contribution in [0.4, 0.5) is 0 Å². The van der Waals surface area contributed by atoms with Gasteiger partial charge in [0.15, 0.2) is 0 Å². The molecule has 0 aromatic rings. The molecule has 0 aliphatic carbocycles. The van der Waals surface area contributed by atoms with Gasteiger partial charge in [-0.2, -0.15) is 0 Å². The molecule has 0 amide bonds. The number of nitrogens with one attached hydrogen (secondary N) is 1. The van der Waals surface area contributed by atoms with E-state index >= 15 is 0 Å². The molecule has 1 N–H and O–H groups in total. The lowest BCUT2D eigenvalue weighted by Gasteiger charge is -2.28. The summed E-state index contributed by atoms with van der Waals surface area (Å²) in [6.45, 7) is 15.0. The predicted molar refractivity (Wildman–Crippen MR) is 80.1 cm³/mol. The Morgan fingerprint density at radius 1 is 1.11 bits per heavy atom. The molecule has 110 valence electrons. The first kappa shape index (κ1) is 17.9. The highest BCUT2D eigenvalue weighted by Gasteiger charge is 2.13. The lowest BCUT2D eigenvalue weighted by atomic mass is 10.1. The van der Waals surface area contributed by atoms with Gasteiger partial charge in [0.1, 0.15) is 0 Å². The molecular formula is C15H34N2O. The van der Waals surface area contributed by atoms with Gasteiger partial charge in [0.05, 0.1) is 12.7 Å². The predicted octanol–water partition coefficient (Wildman–Crippen LogP) is 2.76. The second-order valence-corrected chi connectivity index (χ2v) is 5.89. The normalized spacial score (nSPS) is 13.8. The van der Waals surface area contributed by atoms with Gasteiger partial charge < -0.3 is 10.1 Å². The third-order valence-corrected chi connectivity index (χ3v) is 3.07. The average Bonchev–Trinajstić information content (AvgIpc) is 2.26. The van der Waals surface area contributed by atoms with E-state index < -0.39 is 0 Å². The highest BCUT2D eigenvalue weighted by atomic mass is 16.5. The van der Waals surface area contributed by atoms with Gasteiger partial charge in [-0.25, -0.2) is 0 Å². The Labute approximate surface area is 114 Å². The van der Waals surface area contributed by atoms with E-state index in [-0.39, 0.29) is 0 Å². The maximum Gasteiger partial charge on any atom is 0.0596 e. The van der Waals surface area contributed by atoms with Crippen molar-refractivity contribution in [3.05, 3.63) is 0 Å². The van der Waals surface area contributed by atoms with E-state index in [1.807, 2.05) is 0 Å². The van der Waals surface area contributed by atoms with Crippen LogP contribution in [0.3, 0.4) is 0 Å². The maximum atomic E-state index is 5.62. The fourth-order valence-corrected chi connectivity index (χ4v) is 1.97. The van der Waals surface area contributed by atoms with Crippen molar-refractivity contribution >= 4 is 0 Å². The van der Waals surface area contributed by atoms with Crippen molar-refractivity contribution in [3.8, 4) is 0 Å². The highest BCUT2D eigenvalue weighted by Crippen LogP contribution is 2.04. The van der Waals surface area contributed by atoms with Crippen LogP contribution >= 0.6 is 0 Å². The van der Waals surface area contributed by atoms with Gasteiger partial charge in [0.25, 0.3) is 0 Å². The quantitative estimate of drug-likeness (QED) is 0.617. The van der Waals surface area contributed by atoms with Crippen molar-refractivity contribution < 1.29 is 4.74 Å².